The SMILES string of the molecule is CN1C=CN(CS(C)(=O)=O)C1. The molecule has 64 valence electrons. The molecule has 0 fully saturated rings. The lowest BCUT2D eigenvalue weighted by Crippen LogP contribution is -2.27. The zero-order valence-corrected chi connectivity index (χ0v) is 7.50. The summed E-state index contributed by atoms with van der Waals surface area (Å²) in [6, 6.07) is 0. The van der Waals surface area contributed by atoms with Crippen molar-refractivity contribution < 1.29 is 8.42 Å². The standard InChI is InChI=1S/C6H12N2O2S/c1-7-3-4-8(5-7)6-11(2,9)10/h3-4H,5-6H2,1-2H3. The maximum absolute atomic E-state index is 10.8. The van der Waals surface area contributed by atoms with Crippen molar-refractivity contribution >= 4 is 9.84 Å². The Morgan fingerprint density at radius 2 is 2.09 bits per heavy atom. The molecule has 0 aromatic carbocycles. The molecule has 5 heteroatoms. The monoisotopic (exact) mass is 176 g/mol. The molecule has 0 spiro atoms. The van der Waals surface area contributed by atoms with Gasteiger partial charge in [-0.15, -0.1) is 0 Å². The lowest BCUT2D eigenvalue weighted by molar-refractivity contribution is 0.326. The van der Waals surface area contributed by atoms with Gasteiger partial charge < -0.3 is 9.80 Å². The molecule has 1 aliphatic rings. The molecular weight excluding hydrogens is 164 g/mol. The number of hydrogen-bond acceptors (Lipinski definition) is 4. The van der Waals surface area contributed by atoms with Gasteiger partial charge in [0.15, 0.2) is 9.84 Å². The molecule has 0 saturated heterocycles. The van der Waals surface area contributed by atoms with Crippen molar-refractivity contribution in [3.05, 3.63) is 12.4 Å². The predicted octanol–water partition coefficient (Wildman–Crippen LogP) is -0.335. The molecule has 0 aromatic rings. The van der Waals surface area contributed by atoms with E-state index < -0.39 is 9.84 Å². The summed E-state index contributed by atoms with van der Waals surface area (Å²) in [5.74, 6) is 0.105. The first kappa shape index (κ1) is 8.39. The van der Waals surface area contributed by atoms with E-state index in [0.29, 0.717) is 6.67 Å². The van der Waals surface area contributed by atoms with E-state index >= 15 is 0 Å². The van der Waals surface area contributed by atoms with Crippen molar-refractivity contribution in [2.75, 3.05) is 25.8 Å². The summed E-state index contributed by atoms with van der Waals surface area (Å²) in [4.78, 5) is 3.67. The Balaban J connectivity index is 2.48. The van der Waals surface area contributed by atoms with Crippen molar-refractivity contribution in [3.8, 4) is 0 Å². The molecule has 4 nitrogen and oxygen atoms in total. The molecule has 11 heavy (non-hydrogen) atoms. The first-order chi connectivity index (χ1) is 4.97. The maximum Gasteiger partial charge on any atom is 0.165 e. The van der Waals surface area contributed by atoms with Crippen LogP contribution in [0, 0.1) is 0 Å². The van der Waals surface area contributed by atoms with E-state index in [0.717, 1.165) is 0 Å². The van der Waals surface area contributed by atoms with Crippen LogP contribution in [0.5, 0.6) is 0 Å². The quantitative estimate of drug-likeness (QED) is 0.577. The second-order valence-corrected chi connectivity index (χ2v) is 4.95. The van der Waals surface area contributed by atoms with Crippen LogP contribution in [0.3, 0.4) is 0 Å². The summed E-state index contributed by atoms with van der Waals surface area (Å²) in [7, 11) is -0.981. The van der Waals surface area contributed by atoms with Crippen LogP contribution in [0.4, 0.5) is 0 Å². The van der Waals surface area contributed by atoms with Crippen LogP contribution in [-0.4, -0.2) is 44.1 Å². The summed E-state index contributed by atoms with van der Waals surface area (Å²) in [5, 5.41) is 0. The van der Waals surface area contributed by atoms with Gasteiger partial charge in [-0.3, -0.25) is 0 Å². The van der Waals surface area contributed by atoms with Crippen molar-refractivity contribution in [1.82, 2.24) is 9.80 Å². The Labute approximate surface area is 67.0 Å². The Hall–Kier alpha value is -0.710. The molecule has 1 heterocycles. The smallest absolute Gasteiger partial charge is 0.165 e. The van der Waals surface area contributed by atoms with Crippen LogP contribution in [0.2, 0.25) is 0 Å². The van der Waals surface area contributed by atoms with Gasteiger partial charge in [0.1, 0.15) is 5.88 Å². The topological polar surface area (TPSA) is 40.6 Å². The number of nitrogens with zero attached hydrogens (tertiary/aromatic N) is 2. The summed E-state index contributed by atoms with van der Waals surface area (Å²) in [5.41, 5.74) is 0. The molecule has 0 N–H and O–H groups in total. The maximum atomic E-state index is 10.8. The van der Waals surface area contributed by atoms with Gasteiger partial charge in [-0.25, -0.2) is 8.42 Å². The first-order valence-corrected chi connectivity index (χ1v) is 5.34. The highest BCUT2D eigenvalue weighted by molar-refractivity contribution is 7.90. The number of hydrogen-bond donors (Lipinski definition) is 0. The van der Waals surface area contributed by atoms with Gasteiger partial charge in [0.05, 0.1) is 6.67 Å². The zero-order valence-electron chi connectivity index (χ0n) is 6.69. The fourth-order valence-corrected chi connectivity index (χ4v) is 1.74. The van der Waals surface area contributed by atoms with Crippen molar-refractivity contribution in [2.45, 2.75) is 0 Å². The van der Waals surface area contributed by atoms with E-state index in [9.17, 15) is 8.42 Å². The summed E-state index contributed by atoms with van der Waals surface area (Å²) in [6.45, 7) is 0.660. The average Bonchev–Trinajstić information content (AvgIpc) is 2.10. The second kappa shape index (κ2) is 2.73. The van der Waals surface area contributed by atoms with Gasteiger partial charge in [0.2, 0.25) is 0 Å². The highest BCUT2D eigenvalue weighted by atomic mass is 32.2. The number of rotatable bonds is 2. The van der Waals surface area contributed by atoms with Crippen LogP contribution in [0.15, 0.2) is 12.4 Å². The highest BCUT2D eigenvalue weighted by Gasteiger charge is 2.12. The third kappa shape index (κ3) is 2.80. The minimum Gasteiger partial charge on any atom is -0.362 e. The van der Waals surface area contributed by atoms with Crippen LogP contribution < -0.4 is 0 Å². The fourth-order valence-electron chi connectivity index (χ4n) is 0.974. The first-order valence-electron chi connectivity index (χ1n) is 3.28. The van der Waals surface area contributed by atoms with E-state index in [2.05, 4.69) is 0 Å². The Bertz CT molecular complexity index is 258. The van der Waals surface area contributed by atoms with Gasteiger partial charge in [-0.05, 0) is 0 Å². The third-order valence-corrected chi connectivity index (χ3v) is 2.14. The summed E-state index contributed by atoms with van der Waals surface area (Å²) < 4.78 is 21.6. The van der Waals surface area contributed by atoms with Gasteiger partial charge in [0, 0.05) is 25.7 Å². The average molecular weight is 176 g/mol. The summed E-state index contributed by atoms with van der Waals surface area (Å²) in [6.07, 6.45) is 4.87. The van der Waals surface area contributed by atoms with E-state index in [-0.39, 0.29) is 5.88 Å². The third-order valence-electron chi connectivity index (χ3n) is 1.34. The van der Waals surface area contributed by atoms with E-state index in [1.807, 2.05) is 18.1 Å². The normalized spacial score (nSPS) is 18.0. The molecule has 0 bridgehead atoms. The minimum absolute atomic E-state index is 0.105. The highest BCUT2D eigenvalue weighted by Crippen LogP contribution is 2.04. The van der Waals surface area contributed by atoms with Crippen LogP contribution >= 0.6 is 0 Å². The van der Waals surface area contributed by atoms with Crippen molar-refractivity contribution in [3.63, 3.8) is 0 Å². The molecular formula is C6H12N2O2S. The summed E-state index contributed by atoms with van der Waals surface area (Å²) >= 11 is 0. The van der Waals surface area contributed by atoms with Gasteiger partial charge in [-0.2, -0.15) is 0 Å². The molecule has 0 radical (unpaired) electrons. The molecule has 1 aliphatic heterocycles. The van der Waals surface area contributed by atoms with Crippen LogP contribution in [-0.2, 0) is 9.84 Å². The molecule has 0 aliphatic carbocycles. The van der Waals surface area contributed by atoms with Crippen molar-refractivity contribution in [1.29, 1.82) is 0 Å². The van der Waals surface area contributed by atoms with Gasteiger partial charge in [0.25, 0.3) is 0 Å². The molecule has 1 rings (SSSR count). The molecule has 0 aromatic heterocycles. The second-order valence-electron chi connectivity index (χ2n) is 2.84. The Kier molecular flexibility index (Phi) is 2.08. The van der Waals surface area contributed by atoms with Gasteiger partial charge in [-0.1, -0.05) is 0 Å². The lowest BCUT2D eigenvalue weighted by atomic mass is 10.9. The largest absolute Gasteiger partial charge is 0.362 e. The molecule has 0 amide bonds. The molecule has 0 unspecified atom stereocenters. The van der Waals surface area contributed by atoms with E-state index in [4.69, 9.17) is 0 Å². The fraction of sp³-hybridized carbons (Fsp3) is 0.667. The Morgan fingerprint density at radius 3 is 2.45 bits per heavy atom. The Morgan fingerprint density at radius 1 is 1.45 bits per heavy atom. The lowest BCUT2D eigenvalue weighted by Gasteiger charge is -2.16. The zero-order chi connectivity index (χ0) is 8.48. The van der Waals surface area contributed by atoms with Gasteiger partial charge >= 0.3 is 0 Å². The van der Waals surface area contributed by atoms with Crippen LogP contribution in [0.1, 0.15) is 0 Å². The van der Waals surface area contributed by atoms with Crippen LogP contribution in [0.25, 0.3) is 0 Å². The van der Waals surface area contributed by atoms with E-state index in [1.165, 1.54) is 6.26 Å². The number of sulfone groups is 1. The predicted molar refractivity (Wildman–Crippen MR) is 43.3 cm³/mol. The molecule has 0 saturated carbocycles. The van der Waals surface area contributed by atoms with E-state index in [1.54, 1.807) is 11.1 Å². The van der Waals surface area contributed by atoms with Crippen molar-refractivity contribution in [2.24, 2.45) is 0 Å². The molecule has 0 atom stereocenters. The minimum atomic E-state index is -2.88.